The molecule has 0 saturated heterocycles. The lowest BCUT2D eigenvalue weighted by molar-refractivity contribution is -0.633. The molecule has 0 unspecified atom stereocenters. The minimum atomic E-state index is -0.351. The predicted octanol–water partition coefficient (Wildman–Crippen LogP) is 5.89. The quantitative estimate of drug-likeness (QED) is 0.416. The van der Waals surface area contributed by atoms with Crippen LogP contribution in [0.3, 0.4) is 0 Å². The Morgan fingerprint density at radius 3 is 2.46 bits per heavy atom. The van der Waals surface area contributed by atoms with Crippen molar-refractivity contribution in [3.8, 4) is 17.3 Å². The number of aryl methyl sites for hydroxylation is 2. The van der Waals surface area contributed by atoms with Crippen LogP contribution in [0.15, 0.2) is 66.7 Å². The molecule has 28 heavy (non-hydrogen) atoms. The zero-order valence-corrected chi connectivity index (χ0v) is 17.0. The van der Waals surface area contributed by atoms with E-state index in [0.29, 0.717) is 0 Å². The van der Waals surface area contributed by atoms with E-state index in [2.05, 4.69) is 91.3 Å². The van der Waals surface area contributed by atoms with E-state index in [1.807, 2.05) is 13.8 Å². The lowest BCUT2D eigenvalue weighted by atomic mass is 9.87. The first kappa shape index (κ1) is 18.2. The highest BCUT2D eigenvalue weighted by Crippen LogP contribution is 2.31. The second kappa shape index (κ2) is 6.77. The van der Waals surface area contributed by atoms with Crippen molar-refractivity contribution in [1.82, 2.24) is 0 Å². The van der Waals surface area contributed by atoms with Crippen LogP contribution in [0.25, 0.3) is 32.9 Å². The molecule has 1 heterocycles. The van der Waals surface area contributed by atoms with Gasteiger partial charge in [0.15, 0.2) is 0 Å². The first-order chi connectivity index (χ1) is 13.4. The highest BCUT2D eigenvalue weighted by Gasteiger charge is 2.21. The third-order valence-corrected chi connectivity index (χ3v) is 5.58. The van der Waals surface area contributed by atoms with Gasteiger partial charge in [0.1, 0.15) is 7.05 Å². The second-order valence-electron chi connectivity index (χ2n) is 8.32. The number of fused-ring (bicyclic) bond motifs is 2. The fourth-order valence-electron chi connectivity index (χ4n) is 4.08. The van der Waals surface area contributed by atoms with Crippen LogP contribution in [0, 0.1) is 23.7 Å². The molecule has 4 rings (SSSR count). The number of hydrogen-bond donors (Lipinski definition) is 0. The minimum Gasteiger partial charge on any atom is -0.198 e. The SMILES string of the molecule is Cc1ccc2ccccc2c1-c1ccc2cc(CC(C)(C)C#N)ccc2[n+]1C. The van der Waals surface area contributed by atoms with Crippen LogP contribution in [0.2, 0.25) is 0 Å². The van der Waals surface area contributed by atoms with Crippen molar-refractivity contribution >= 4 is 21.7 Å². The number of nitriles is 1. The lowest BCUT2D eigenvalue weighted by Gasteiger charge is -2.15. The highest BCUT2D eigenvalue weighted by molar-refractivity contribution is 5.97. The number of aromatic nitrogens is 1. The Balaban J connectivity index is 1.88. The van der Waals surface area contributed by atoms with E-state index < -0.39 is 0 Å². The normalized spacial score (nSPS) is 11.7. The minimum absolute atomic E-state index is 0.351. The molecule has 0 atom stereocenters. The van der Waals surface area contributed by atoms with E-state index in [1.54, 1.807) is 0 Å². The fraction of sp³-hybridized carbons (Fsp3) is 0.231. The summed E-state index contributed by atoms with van der Waals surface area (Å²) in [7, 11) is 2.14. The maximum atomic E-state index is 9.33. The van der Waals surface area contributed by atoms with Crippen LogP contribution in [0.4, 0.5) is 0 Å². The summed E-state index contributed by atoms with van der Waals surface area (Å²) >= 11 is 0. The van der Waals surface area contributed by atoms with E-state index in [1.165, 1.54) is 44.1 Å². The number of pyridine rings is 1. The molecule has 0 aliphatic heterocycles. The molecule has 4 aromatic rings. The van der Waals surface area contributed by atoms with Crippen LogP contribution in [0.5, 0.6) is 0 Å². The molecule has 0 amide bonds. The van der Waals surface area contributed by atoms with Gasteiger partial charge in [-0.05, 0) is 61.2 Å². The van der Waals surface area contributed by atoms with Crippen LogP contribution >= 0.6 is 0 Å². The Labute approximate surface area is 166 Å². The maximum absolute atomic E-state index is 9.33. The summed E-state index contributed by atoms with van der Waals surface area (Å²) in [5.74, 6) is 0. The first-order valence-electron chi connectivity index (χ1n) is 9.71. The Kier molecular flexibility index (Phi) is 4.40. The predicted molar refractivity (Wildman–Crippen MR) is 116 cm³/mol. The molecular weight excluding hydrogens is 340 g/mol. The van der Waals surface area contributed by atoms with Gasteiger partial charge >= 0.3 is 0 Å². The van der Waals surface area contributed by atoms with Crippen molar-refractivity contribution in [2.24, 2.45) is 12.5 Å². The summed E-state index contributed by atoms with van der Waals surface area (Å²) in [5, 5.41) is 13.1. The van der Waals surface area contributed by atoms with Gasteiger partial charge in [-0.25, -0.2) is 0 Å². The summed E-state index contributed by atoms with van der Waals surface area (Å²) < 4.78 is 2.28. The van der Waals surface area contributed by atoms with E-state index in [0.717, 1.165) is 6.42 Å². The van der Waals surface area contributed by atoms with Gasteiger partial charge in [0, 0.05) is 17.5 Å². The standard InChI is InChI=1S/C26H25N2/c1-18-9-11-20-7-5-6-8-22(20)25(18)24-14-12-21-15-19(16-26(2,3)17-27)10-13-23(21)28(24)4/h5-15H,16H2,1-4H3/q+1. The molecule has 2 nitrogen and oxygen atoms in total. The second-order valence-corrected chi connectivity index (χ2v) is 8.32. The van der Waals surface area contributed by atoms with Crippen LogP contribution in [0.1, 0.15) is 25.0 Å². The van der Waals surface area contributed by atoms with Crippen molar-refractivity contribution in [1.29, 1.82) is 5.26 Å². The van der Waals surface area contributed by atoms with Gasteiger partial charge in [-0.1, -0.05) is 42.5 Å². The van der Waals surface area contributed by atoms with Gasteiger partial charge in [-0.15, -0.1) is 0 Å². The molecule has 1 aromatic heterocycles. The number of rotatable bonds is 3. The van der Waals surface area contributed by atoms with Crippen molar-refractivity contribution < 1.29 is 4.57 Å². The van der Waals surface area contributed by atoms with E-state index in [-0.39, 0.29) is 5.41 Å². The van der Waals surface area contributed by atoms with Crippen molar-refractivity contribution in [2.45, 2.75) is 27.2 Å². The van der Waals surface area contributed by atoms with Gasteiger partial charge in [-0.2, -0.15) is 9.83 Å². The summed E-state index contributed by atoms with van der Waals surface area (Å²) in [6.45, 7) is 6.16. The smallest absolute Gasteiger partial charge is 0.198 e. The van der Waals surface area contributed by atoms with Gasteiger partial charge in [0.25, 0.3) is 0 Å². The summed E-state index contributed by atoms with van der Waals surface area (Å²) in [6.07, 6.45) is 0.757. The lowest BCUT2D eigenvalue weighted by Crippen LogP contribution is -2.32. The number of benzene rings is 3. The van der Waals surface area contributed by atoms with E-state index in [4.69, 9.17) is 0 Å². The van der Waals surface area contributed by atoms with E-state index in [9.17, 15) is 5.26 Å². The van der Waals surface area contributed by atoms with Gasteiger partial charge in [0.2, 0.25) is 11.2 Å². The largest absolute Gasteiger partial charge is 0.213 e. The van der Waals surface area contributed by atoms with Gasteiger partial charge < -0.3 is 0 Å². The molecule has 0 spiro atoms. The topological polar surface area (TPSA) is 27.7 Å². The molecule has 0 N–H and O–H groups in total. The van der Waals surface area contributed by atoms with Gasteiger partial charge in [-0.3, -0.25) is 0 Å². The van der Waals surface area contributed by atoms with Crippen molar-refractivity contribution in [3.63, 3.8) is 0 Å². The number of hydrogen-bond acceptors (Lipinski definition) is 1. The molecule has 2 heteroatoms. The summed E-state index contributed by atoms with van der Waals surface area (Å²) in [5.41, 5.74) is 5.83. The number of nitrogens with zero attached hydrogens (tertiary/aromatic N) is 2. The first-order valence-corrected chi connectivity index (χ1v) is 9.71. The molecule has 0 saturated carbocycles. The molecular formula is C26H25N2+. The van der Waals surface area contributed by atoms with E-state index >= 15 is 0 Å². The Bertz CT molecular complexity index is 1240. The van der Waals surface area contributed by atoms with Crippen LogP contribution < -0.4 is 4.57 Å². The third-order valence-electron chi connectivity index (χ3n) is 5.58. The van der Waals surface area contributed by atoms with Crippen LogP contribution in [-0.4, -0.2) is 0 Å². The van der Waals surface area contributed by atoms with Gasteiger partial charge in [0.05, 0.1) is 17.0 Å². The summed E-state index contributed by atoms with van der Waals surface area (Å²) in [4.78, 5) is 0. The highest BCUT2D eigenvalue weighted by atomic mass is 14.9. The zero-order chi connectivity index (χ0) is 19.9. The molecule has 138 valence electrons. The summed E-state index contributed by atoms with van der Waals surface area (Å²) in [6, 6.07) is 26.3. The Morgan fingerprint density at radius 2 is 1.68 bits per heavy atom. The average molecular weight is 366 g/mol. The molecule has 0 fully saturated rings. The maximum Gasteiger partial charge on any atom is 0.213 e. The Hall–Kier alpha value is -3.18. The van der Waals surface area contributed by atoms with Crippen LogP contribution in [-0.2, 0) is 13.5 Å². The fourth-order valence-corrected chi connectivity index (χ4v) is 4.08. The zero-order valence-electron chi connectivity index (χ0n) is 17.0. The third kappa shape index (κ3) is 3.14. The molecule has 0 aliphatic rings. The molecule has 0 radical (unpaired) electrons. The molecule has 3 aromatic carbocycles. The Morgan fingerprint density at radius 1 is 0.929 bits per heavy atom. The molecule has 0 aliphatic carbocycles. The monoisotopic (exact) mass is 365 g/mol. The molecule has 0 bridgehead atoms. The average Bonchev–Trinajstić information content (AvgIpc) is 2.69. The van der Waals surface area contributed by atoms with Crippen molar-refractivity contribution in [2.75, 3.05) is 0 Å². The van der Waals surface area contributed by atoms with Crippen molar-refractivity contribution in [3.05, 3.63) is 77.9 Å².